The lowest BCUT2D eigenvalue weighted by Gasteiger charge is -2.50. The van der Waals surface area contributed by atoms with Gasteiger partial charge in [0.15, 0.2) is 0 Å². The predicted octanol–water partition coefficient (Wildman–Crippen LogP) is 11.6. The third kappa shape index (κ3) is 11.8. The van der Waals surface area contributed by atoms with E-state index in [4.69, 9.17) is 8.83 Å². The number of halogens is 4. The van der Waals surface area contributed by atoms with Gasteiger partial charge in [-0.15, -0.1) is 15.3 Å². The number of H-pyrrole nitrogens is 1. The minimum Gasteiger partial charge on any atom is -0.423 e. The van der Waals surface area contributed by atoms with Crippen LogP contribution in [0.2, 0.25) is 0 Å². The van der Waals surface area contributed by atoms with Crippen LogP contribution in [0.4, 0.5) is 17.6 Å². The Bertz CT molecular complexity index is 3620. The molecule has 17 heteroatoms. The Balaban J connectivity index is 0.000000188. The van der Waals surface area contributed by atoms with Crippen molar-refractivity contribution >= 4 is 0 Å². The molecule has 0 radical (unpaired) electrons. The lowest BCUT2D eigenvalue weighted by atomic mass is 9.72. The summed E-state index contributed by atoms with van der Waals surface area (Å²) in [6.07, 6.45) is 1.28. The van der Waals surface area contributed by atoms with Crippen LogP contribution >= 0.6 is 0 Å². The maximum absolute atomic E-state index is 15.6. The van der Waals surface area contributed by atoms with Crippen molar-refractivity contribution in [3.8, 4) is 47.2 Å². The topological polar surface area (TPSA) is 199 Å². The van der Waals surface area contributed by atoms with E-state index in [-0.39, 0.29) is 40.9 Å². The highest BCUT2D eigenvalue weighted by Gasteiger charge is 2.47. The van der Waals surface area contributed by atoms with Crippen molar-refractivity contribution in [2.45, 2.75) is 63.0 Å². The molecule has 2 saturated heterocycles. The highest BCUT2D eigenvalue weighted by Crippen LogP contribution is 2.48. The first-order valence-electron chi connectivity index (χ1n) is 24.7. The Morgan fingerprint density at radius 1 is 0.558 bits per heavy atom. The summed E-state index contributed by atoms with van der Waals surface area (Å²) in [5, 5.41) is 51.2. The number of likely N-dealkylation sites (tertiary alicyclic amines) is 2. The van der Waals surface area contributed by atoms with E-state index < -0.39 is 40.6 Å². The molecule has 2 aromatic heterocycles. The zero-order valence-corrected chi connectivity index (χ0v) is 42.3. The smallest absolute Gasteiger partial charge is 0.423 e. The maximum Gasteiger partial charge on any atom is 0.434 e. The first-order chi connectivity index (χ1) is 36.9. The van der Waals surface area contributed by atoms with E-state index in [9.17, 15) is 34.6 Å². The Kier molecular flexibility index (Phi) is 15.1. The van der Waals surface area contributed by atoms with Gasteiger partial charge >= 0.3 is 5.76 Å². The minimum absolute atomic E-state index is 0.0941. The quantitative estimate of drug-likeness (QED) is 0.101. The fourth-order valence-corrected chi connectivity index (χ4v) is 11.2. The highest BCUT2D eigenvalue weighted by atomic mass is 19.1. The molecule has 2 aliphatic heterocycles. The number of nitriles is 4. The van der Waals surface area contributed by atoms with Gasteiger partial charge in [-0.1, -0.05) is 48.5 Å². The van der Waals surface area contributed by atoms with Crippen molar-refractivity contribution < 1.29 is 26.4 Å². The molecule has 1 N–H and O–H groups in total. The summed E-state index contributed by atoms with van der Waals surface area (Å²) in [4.78, 5) is 15.9. The largest absolute Gasteiger partial charge is 0.434 e. The first kappa shape index (κ1) is 52.8. The number of alkyl halides is 2. The third-order valence-electron chi connectivity index (χ3n) is 14.3. The third-order valence-corrected chi connectivity index (χ3v) is 14.3. The second kappa shape index (κ2) is 22.1. The molecule has 0 amide bonds. The summed E-state index contributed by atoms with van der Waals surface area (Å²) < 4.78 is 70.3. The first-order valence-corrected chi connectivity index (χ1v) is 24.7. The monoisotopic (exact) mass is 1030 g/mol. The van der Waals surface area contributed by atoms with Gasteiger partial charge < -0.3 is 8.83 Å². The molecule has 2 aliphatic rings. The fourth-order valence-electron chi connectivity index (χ4n) is 11.2. The van der Waals surface area contributed by atoms with E-state index in [2.05, 4.69) is 42.3 Å². The number of rotatable bonds is 14. The molecule has 4 atom stereocenters. The van der Waals surface area contributed by atoms with Gasteiger partial charge in [-0.25, -0.2) is 27.5 Å². The van der Waals surface area contributed by atoms with Crippen LogP contribution in [0.5, 0.6) is 0 Å². The molecule has 4 heterocycles. The summed E-state index contributed by atoms with van der Waals surface area (Å²) in [5.41, 5.74) is 4.31. The molecule has 2 fully saturated rings. The highest BCUT2D eigenvalue weighted by molar-refractivity contribution is 5.56. The maximum atomic E-state index is 15.6. The molecule has 10 rings (SSSR count). The van der Waals surface area contributed by atoms with Gasteiger partial charge in [0, 0.05) is 49.1 Å². The van der Waals surface area contributed by atoms with Crippen molar-refractivity contribution in [2.75, 3.05) is 26.2 Å². The van der Waals surface area contributed by atoms with Crippen molar-refractivity contribution in [3.63, 3.8) is 0 Å². The van der Waals surface area contributed by atoms with Crippen LogP contribution < -0.4 is 5.76 Å². The Morgan fingerprint density at radius 2 is 0.987 bits per heavy atom. The van der Waals surface area contributed by atoms with E-state index in [1.807, 2.05) is 78.9 Å². The SMILES string of the molecule is CC(C)(F)[C@H](c1cc(F)cc(C#N)c1)C1CN(C(c2ccc(C#N)cc2)c2cccc(-c3n[nH]c(=O)o3)c2)C1.CC(C)(F)[C@H](c1cc(F)cc(C#N)c1)C1CN(C(c2ccc(C#N)cc2)c2cccc(-c3nnco3)c2)C1. The molecule has 0 saturated carbocycles. The van der Waals surface area contributed by atoms with Crippen LogP contribution in [-0.2, 0) is 0 Å². The van der Waals surface area contributed by atoms with E-state index in [0.717, 1.165) is 39.9 Å². The summed E-state index contributed by atoms with van der Waals surface area (Å²) in [6, 6.07) is 45.9. The van der Waals surface area contributed by atoms with Gasteiger partial charge in [-0.05, 0) is 158 Å². The number of benzene rings is 6. The molecule has 386 valence electrons. The van der Waals surface area contributed by atoms with Gasteiger partial charge in [0.1, 0.15) is 23.0 Å². The number of hydrogen-bond acceptors (Lipinski definition) is 12. The minimum atomic E-state index is -1.65. The van der Waals surface area contributed by atoms with Crippen molar-refractivity contribution in [2.24, 2.45) is 11.8 Å². The zero-order chi connectivity index (χ0) is 54.6. The summed E-state index contributed by atoms with van der Waals surface area (Å²) in [6.45, 7) is 8.13. The van der Waals surface area contributed by atoms with E-state index in [0.29, 0.717) is 59.9 Å². The van der Waals surface area contributed by atoms with Crippen LogP contribution in [-0.4, -0.2) is 67.7 Å². The predicted molar refractivity (Wildman–Crippen MR) is 277 cm³/mol. The standard InChI is InChI=1S/C30H25F2N5O2.C30H25F2N5O/c1-30(2,32)26(23-10-19(15-34)11-25(31)13-23)24-16-37(17-24)27(20-8-6-18(14-33)7-9-20)21-4-3-5-22(12-21)28-35-36-29(38)39-28;1-30(2,32)27(24-10-20(15-34)11-26(31)13-24)25-16-37(17-25)28(21-8-6-19(14-33)7-9-21)22-4-3-5-23(12-22)29-36-35-18-38-29/h3-13,24,26-27H,16-17H2,1-2H3,(H,36,38);3-13,18,25,27-28H,16-17H2,1-2H3/t26-,27?;27-,28?/m11/s1. The van der Waals surface area contributed by atoms with E-state index in [1.54, 1.807) is 42.5 Å². The Hall–Kier alpha value is -9.00. The van der Waals surface area contributed by atoms with Gasteiger partial charge in [-0.2, -0.15) is 21.0 Å². The second-order valence-corrected chi connectivity index (χ2v) is 20.5. The molecular formula is C60H50F4N10O3. The van der Waals surface area contributed by atoms with Crippen molar-refractivity contribution in [3.05, 3.63) is 218 Å². The van der Waals surface area contributed by atoms with Crippen molar-refractivity contribution in [1.82, 2.24) is 30.2 Å². The van der Waals surface area contributed by atoms with Gasteiger partial charge in [0.25, 0.3) is 0 Å². The van der Waals surface area contributed by atoms with Gasteiger partial charge in [0.05, 0.1) is 58.6 Å². The lowest BCUT2D eigenvalue weighted by Crippen LogP contribution is -2.53. The second-order valence-electron chi connectivity index (χ2n) is 20.5. The molecule has 6 aromatic carbocycles. The molecule has 8 aromatic rings. The van der Waals surface area contributed by atoms with Gasteiger partial charge in [-0.3, -0.25) is 9.80 Å². The van der Waals surface area contributed by atoms with Crippen LogP contribution in [0.1, 0.15) is 107 Å². The molecule has 77 heavy (non-hydrogen) atoms. The lowest BCUT2D eigenvalue weighted by molar-refractivity contribution is 0.00797. The number of hydrogen-bond donors (Lipinski definition) is 1. The number of nitrogens with zero attached hydrogens (tertiary/aromatic N) is 9. The molecular weight excluding hydrogens is 985 g/mol. The molecule has 0 bridgehead atoms. The number of aromatic nitrogens is 4. The molecule has 2 unspecified atom stereocenters. The average molecular weight is 1040 g/mol. The van der Waals surface area contributed by atoms with Crippen LogP contribution in [0.15, 0.2) is 153 Å². The molecule has 13 nitrogen and oxygen atoms in total. The average Bonchev–Trinajstić information content (AvgIpc) is 4.12. The fraction of sp³-hybridized carbons (Fsp3) is 0.267. The van der Waals surface area contributed by atoms with Crippen LogP contribution in [0, 0.1) is 68.8 Å². The summed E-state index contributed by atoms with van der Waals surface area (Å²) >= 11 is 0. The molecule has 0 aliphatic carbocycles. The number of aromatic amines is 1. The van der Waals surface area contributed by atoms with Crippen molar-refractivity contribution in [1.29, 1.82) is 21.0 Å². The number of nitrogens with one attached hydrogen (secondary N) is 1. The van der Waals surface area contributed by atoms with E-state index in [1.165, 1.54) is 46.2 Å². The van der Waals surface area contributed by atoms with Crippen LogP contribution in [0.3, 0.4) is 0 Å². The summed E-state index contributed by atoms with van der Waals surface area (Å²) in [7, 11) is 0. The van der Waals surface area contributed by atoms with Crippen LogP contribution in [0.25, 0.3) is 22.9 Å². The van der Waals surface area contributed by atoms with Gasteiger partial charge in [0.2, 0.25) is 18.2 Å². The normalized spacial score (nSPS) is 15.7. The zero-order valence-electron chi connectivity index (χ0n) is 42.3. The summed E-state index contributed by atoms with van der Waals surface area (Å²) in [5.74, 6) is -2.62. The molecule has 0 spiro atoms. The van der Waals surface area contributed by atoms with E-state index >= 15 is 8.78 Å². The Morgan fingerprint density at radius 3 is 1.35 bits per heavy atom. The Labute approximate surface area is 441 Å².